The minimum atomic E-state index is -1.68. The van der Waals surface area contributed by atoms with Gasteiger partial charge in [-0.25, -0.2) is 0 Å². The second kappa shape index (κ2) is 6.25. The van der Waals surface area contributed by atoms with Gasteiger partial charge in [0, 0.05) is 10.2 Å². The number of hydrogen-bond donors (Lipinski definition) is 0. The van der Waals surface area contributed by atoms with Crippen molar-refractivity contribution in [1.29, 1.82) is 0 Å². The first-order chi connectivity index (χ1) is 8.04. The summed E-state index contributed by atoms with van der Waals surface area (Å²) in [5.74, 6) is -0.568. The molecule has 0 saturated carbocycles. The third-order valence-corrected chi connectivity index (χ3v) is 7.14. The van der Waals surface area contributed by atoms with E-state index in [0.29, 0.717) is 0 Å². The van der Waals surface area contributed by atoms with Crippen LogP contribution >= 0.6 is 0 Å². The van der Waals surface area contributed by atoms with Crippen LogP contribution in [0.2, 0.25) is 58.9 Å². The molecule has 116 valence electrons. The topological polar surface area (TPSA) is 27.7 Å². The number of hydrogen-bond acceptors (Lipinski definition) is 3. The first-order valence-corrected chi connectivity index (χ1v) is 18.5. The van der Waals surface area contributed by atoms with E-state index in [0.717, 1.165) is 10.2 Å². The summed E-state index contributed by atoms with van der Waals surface area (Å²) in [6.07, 6.45) is 0. The fourth-order valence-electron chi connectivity index (χ4n) is 2.04. The Morgan fingerprint density at radius 2 is 1.05 bits per heavy atom. The Hall–Kier alpha value is 0.748. The van der Waals surface area contributed by atoms with Crippen LogP contribution in [-0.4, -0.2) is 46.7 Å². The molecule has 1 atom stereocenters. The largest absolute Gasteiger partial charge is 0.413 e. The smallest absolute Gasteiger partial charge is 0.187 e. The predicted octanol–water partition coefficient (Wildman–Crippen LogP) is 2.95. The first-order valence-electron chi connectivity index (χ1n) is 7.12. The first kappa shape index (κ1) is 19.7. The summed E-state index contributed by atoms with van der Waals surface area (Å²) in [4.78, 5) is 0. The van der Waals surface area contributed by atoms with E-state index in [1.807, 2.05) is 0 Å². The van der Waals surface area contributed by atoms with Crippen LogP contribution in [0.3, 0.4) is 0 Å². The lowest BCUT2D eigenvalue weighted by Crippen LogP contribution is -2.58. The highest BCUT2D eigenvalue weighted by Crippen LogP contribution is 2.29. The van der Waals surface area contributed by atoms with Crippen molar-refractivity contribution in [2.24, 2.45) is 0 Å². The van der Waals surface area contributed by atoms with E-state index in [2.05, 4.69) is 65.8 Å². The van der Waals surface area contributed by atoms with Gasteiger partial charge in [-0.2, -0.15) is 0 Å². The van der Waals surface area contributed by atoms with Crippen molar-refractivity contribution in [3.05, 3.63) is 0 Å². The Morgan fingerprint density at radius 3 is 1.26 bits per heavy atom. The van der Waals surface area contributed by atoms with Gasteiger partial charge in [0.25, 0.3) is 0 Å². The van der Waals surface area contributed by atoms with Gasteiger partial charge in [-0.05, 0) is 65.8 Å². The minimum Gasteiger partial charge on any atom is -0.413 e. The summed E-state index contributed by atoms with van der Waals surface area (Å²) in [7, 11) is -4.01. The van der Waals surface area contributed by atoms with Crippen molar-refractivity contribution in [2.75, 3.05) is 0 Å². The molecule has 0 rings (SSSR count). The molecule has 0 saturated heterocycles. The lowest BCUT2D eigenvalue weighted by atomic mass is 10.4. The second-order valence-electron chi connectivity index (χ2n) is 8.32. The van der Waals surface area contributed by atoms with Gasteiger partial charge < -0.3 is 13.3 Å². The van der Waals surface area contributed by atoms with Gasteiger partial charge in [-0.3, -0.25) is 0 Å². The van der Waals surface area contributed by atoms with Crippen LogP contribution in [0.25, 0.3) is 0 Å². The normalized spacial score (nSPS) is 16.7. The van der Waals surface area contributed by atoms with Crippen LogP contribution in [0.5, 0.6) is 0 Å². The maximum Gasteiger partial charge on any atom is 0.187 e. The molecule has 0 spiro atoms. The third kappa shape index (κ3) is 9.32. The molecule has 0 amide bonds. The van der Waals surface area contributed by atoms with Gasteiger partial charge in [-0.15, -0.1) is 0 Å². The van der Waals surface area contributed by atoms with Gasteiger partial charge in [0.15, 0.2) is 30.7 Å². The van der Waals surface area contributed by atoms with Gasteiger partial charge in [0.05, 0.1) is 5.73 Å². The standard InChI is InChI=1S/C12H34O3Si4/c1-12(14-18(5,6)7,15-19(8,9)10)11(16)13-17(2,3)4/h11H,1-10,16H3. The monoisotopic (exact) mass is 338 g/mol. The van der Waals surface area contributed by atoms with Crippen molar-refractivity contribution in [3.63, 3.8) is 0 Å². The van der Waals surface area contributed by atoms with Gasteiger partial charge in [0.2, 0.25) is 0 Å². The molecular weight excluding hydrogens is 304 g/mol. The molecule has 7 heteroatoms. The molecule has 19 heavy (non-hydrogen) atoms. The highest BCUT2D eigenvalue weighted by Gasteiger charge is 2.42. The average molecular weight is 339 g/mol. The summed E-state index contributed by atoms with van der Waals surface area (Å²) in [6.45, 7) is 22.0. The molecule has 0 aromatic rings. The zero-order chi connectivity index (χ0) is 15.7. The lowest BCUT2D eigenvalue weighted by molar-refractivity contribution is -0.152. The van der Waals surface area contributed by atoms with Gasteiger partial charge in [-0.1, -0.05) is 0 Å². The van der Waals surface area contributed by atoms with Crippen molar-refractivity contribution >= 4 is 35.2 Å². The highest BCUT2D eigenvalue weighted by molar-refractivity contribution is 6.71. The molecule has 0 bridgehead atoms. The Kier molecular flexibility index (Phi) is 6.49. The van der Waals surface area contributed by atoms with Crippen molar-refractivity contribution in [2.45, 2.75) is 77.4 Å². The van der Waals surface area contributed by atoms with Crippen molar-refractivity contribution < 1.29 is 13.3 Å². The summed E-state index contributed by atoms with van der Waals surface area (Å²) < 4.78 is 19.1. The molecular formula is C12H34O3Si4. The average Bonchev–Trinajstić information content (AvgIpc) is 1.91. The molecule has 0 N–H and O–H groups in total. The molecule has 0 aliphatic carbocycles. The van der Waals surface area contributed by atoms with E-state index in [9.17, 15) is 0 Å². The van der Waals surface area contributed by atoms with E-state index in [1.54, 1.807) is 0 Å². The number of rotatable bonds is 7. The fraction of sp³-hybridized carbons (Fsp3) is 1.00. The summed E-state index contributed by atoms with van der Waals surface area (Å²) in [5, 5.41) is 0. The molecule has 0 fully saturated rings. The van der Waals surface area contributed by atoms with Crippen LogP contribution in [0.4, 0.5) is 0 Å². The van der Waals surface area contributed by atoms with Crippen LogP contribution in [0, 0.1) is 0 Å². The molecule has 0 heterocycles. The maximum atomic E-state index is 6.39. The summed E-state index contributed by atoms with van der Waals surface area (Å²) >= 11 is 0. The van der Waals surface area contributed by atoms with E-state index in [1.165, 1.54) is 0 Å². The highest BCUT2D eigenvalue weighted by atomic mass is 28.4. The molecule has 1 unspecified atom stereocenters. The predicted molar refractivity (Wildman–Crippen MR) is 95.4 cm³/mol. The minimum absolute atomic E-state index is 0.0950. The van der Waals surface area contributed by atoms with Crippen LogP contribution in [0.1, 0.15) is 6.92 Å². The third-order valence-electron chi connectivity index (χ3n) is 2.29. The Labute approximate surface area is 126 Å². The van der Waals surface area contributed by atoms with Crippen LogP contribution < -0.4 is 0 Å². The zero-order valence-corrected chi connectivity index (χ0v) is 19.8. The summed E-state index contributed by atoms with van der Waals surface area (Å²) in [5.41, 5.74) is 0.0950. The molecule has 0 aromatic heterocycles. The van der Waals surface area contributed by atoms with Crippen LogP contribution in [0.15, 0.2) is 0 Å². The SMILES string of the molecule is CC(O[Si](C)(C)C)(O[Si](C)(C)C)C([SiH3])O[Si](C)(C)C. The zero-order valence-electron chi connectivity index (χ0n) is 14.8. The van der Waals surface area contributed by atoms with E-state index >= 15 is 0 Å². The maximum absolute atomic E-state index is 6.39. The Bertz CT molecular complexity index is 273. The molecule has 0 aromatic carbocycles. The van der Waals surface area contributed by atoms with E-state index < -0.39 is 30.7 Å². The van der Waals surface area contributed by atoms with Crippen molar-refractivity contribution in [3.8, 4) is 0 Å². The molecule has 3 nitrogen and oxygen atoms in total. The Morgan fingerprint density at radius 1 is 0.737 bits per heavy atom. The van der Waals surface area contributed by atoms with Crippen LogP contribution in [-0.2, 0) is 13.3 Å². The van der Waals surface area contributed by atoms with Crippen molar-refractivity contribution in [1.82, 2.24) is 0 Å². The van der Waals surface area contributed by atoms with Gasteiger partial charge >= 0.3 is 0 Å². The molecule has 0 aliphatic heterocycles. The quantitative estimate of drug-likeness (QED) is 0.527. The second-order valence-corrected chi connectivity index (χ2v) is 22.7. The van der Waals surface area contributed by atoms with E-state index in [-0.39, 0.29) is 5.73 Å². The fourth-order valence-corrected chi connectivity index (χ4v) is 9.07. The molecule has 0 aliphatic rings. The van der Waals surface area contributed by atoms with Gasteiger partial charge in [0.1, 0.15) is 0 Å². The Balaban J connectivity index is 5.15. The molecule has 0 radical (unpaired) electrons. The lowest BCUT2D eigenvalue weighted by Gasteiger charge is -2.45. The summed E-state index contributed by atoms with van der Waals surface area (Å²) in [6, 6.07) is 0. The van der Waals surface area contributed by atoms with E-state index in [4.69, 9.17) is 13.3 Å².